The molecule has 6 aromatic rings. The number of hydrogen-bond acceptors (Lipinski definition) is 3. The highest BCUT2D eigenvalue weighted by Gasteiger charge is 2.27. The second kappa shape index (κ2) is 12.4. The molecule has 7 rings (SSSR count). The van der Waals surface area contributed by atoms with Gasteiger partial charge in [0.15, 0.2) is 6.54 Å². The van der Waals surface area contributed by atoms with Crippen LogP contribution in [0.15, 0.2) is 143 Å². The van der Waals surface area contributed by atoms with Crippen LogP contribution in [0.1, 0.15) is 21.7 Å². The molecule has 0 saturated heterocycles. The molecule has 2 nitrogen and oxygen atoms in total. The molecule has 0 radical (unpaired) electrons. The number of anilines is 1. The van der Waals surface area contributed by atoms with Crippen molar-refractivity contribution in [2.45, 2.75) is 18.0 Å². The monoisotopic (exact) mass is 633 g/mol. The molecule has 0 amide bonds. The van der Waals surface area contributed by atoms with Crippen molar-refractivity contribution in [1.82, 2.24) is 0 Å². The van der Waals surface area contributed by atoms with Gasteiger partial charge < -0.3 is 4.90 Å². The van der Waals surface area contributed by atoms with Crippen LogP contribution in [-0.4, -0.2) is 0 Å². The summed E-state index contributed by atoms with van der Waals surface area (Å²) in [7, 11) is 0. The Kier molecular flexibility index (Phi) is 8.10. The molecule has 6 heteroatoms. The molecular weight excluding hydrogens is 607 g/mol. The predicted molar refractivity (Wildman–Crippen MR) is 185 cm³/mol. The molecule has 1 aliphatic heterocycles. The molecule has 0 bridgehead atoms. The smallest absolute Gasteiger partial charge is 0.263 e. The molecule has 0 aliphatic carbocycles. The van der Waals surface area contributed by atoms with Gasteiger partial charge in [0.25, 0.3) is 5.01 Å². The standard InChI is InChI=1S/C37H27Cl2N2S2/c38-30-16-18-34-32(22-30)40(24-26-10-4-1-5-11-26)36(42-34)20-29(28-14-8-3-9-15-28)21-37-41(25-27-12-6-2-7-13-27)33-23-31(39)17-19-35(33)43-37/h1-23H,24-25H2/q+1. The summed E-state index contributed by atoms with van der Waals surface area (Å²) in [6.45, 7) is 1.51. The van der Waals surface area contributed by atoms with Crippen molar-refractivity contribution < 1.29 is 4.57 Å². The fraction of sp³-hybridized carbons (Fsp3) is 0.0541. The van der Waals surface area contributed by atoms with Crippen LogP contribution in [-0.2, 0) is 13.1 Å². The fourth-order valence-corrected chi connectivity index (χ4v) is 7.85. The van der Waals surface area contributed by atoms with Crippen molar-refractivity contribution in [2.75, 3.05) is 4.90 Å². The maximum Gasteiger partial charge on any atom is 0.263 e. The highest BCUT2D eigenvalue weighted by molar-refractivity contribution is 8.03. The number of benzene rings is 5. The number of halogens is 2. The van der Waals surface area contributed by atoms with E-state index in [2.05, 4.69) is 137 Å². The normalized spacial score (nSPS) is 14.0. The van der Waals surface area contributed by atoms with Crippen molar-refractivity contribution in [2.24, 2.45) is 0 Å². The molecule has 0 fully saturated rings. The summed E-state index contributed by atoms with van der Waals surface area (Å²) in [4.78, 5) is 3.58. The highest BCUT2D eigenvalue weighted by atomic mass is 35.5. The zero-order valence-electron chi connectivity index (χ0n) is 23.2. The van der Waals surface area contributed by atoms with Crippen LogP contribution >= 0.6 is 46.3 Å². The van der Waals surface area contributed by atoms with Gasteiger partial charge in [0.05, 0.1) is 10.7 Å². The van der Waals surface area contributed by atoms with Crippen LogP contribution in [0.3, 0.4) is 0 Å². The summed E-state index contributed by atoms with van der Waals surface area (Å²) in [5.41, 5.74) is 7.06. The molecule has 0 N–H and O–H groups in total. The lowest BCUT2D eigenvalue weighted by Crippen LogP contribution is -2.35. The molecule has 43 heavy (non-hydrogen) atoms. The van der Waals surface area contributed by atoms with Gasteiger partial charge in [-0.3, -0.25) is 0 Å². The van der Waals surface area contributed by atoms with Crippen molar-refractivity contribution in [3.8, 4) is 0 Å². The largest absolute Gasteiger partial charge is 0.330 e. The van der Waals surface area contributed by atoms with Gasteiger partial charge in [-0.1, -0.05) is 137 Å². The number of aromatic nitrogens is 1. The molecule has 2 heterocycles. The first-order valence-electron chi connectivity index (χ1n) is 14.0. The van der Waals surface area contributed by atoms with E-state index < -0.39 is 0 Å². The van der Waals surface area contributed by atoms with E-state index in [9.17, 15) is 0 Å². The molecule has 1 aliphatic rings. The molecule has 0 atom stereocenters. The second-order valence-corrected chi connectivity index (χ2v) is 13.4. The lowest BCUT2D eigenvalue weighted by atomic mass is 10.1. The van der Waals surface area contributed by atoms with Gasteiger partial charge in [0.2, 0.25) is 5.52 Å². The summed E-state index contributed by atoms with van der Waals surface area (Å²) in [5.74, 6) is 0. The van der Waals surface area contributed by atoms with E-state index in [1.165, 1.54) is 20.7 Å². The zero-order chi connectivity index (χ0) is 29.2. The van der Waals surface area contributed by atoms with Gasteiger partial charge in [-0.05, 0) is 53.1 Å². The predicted octanol–water partition coefficient (Wildman–Crippen LogP) is 10.7. The fourth-order valence-electron chi connectivity index (χ4n) is 5.33. The Hall–Kier alpha value is -3.80. The number of thiazole rings is 1. The van der Waals surface area contributed by atoms with E-state index in [0.717, 1.165) is 55.5 Å². The van der Waals surface area contributed by atoms with Crippen LogP contribution in [0.4, 0.5) is 5.69 Å². The van der Waals surface area contributed by atoms with E-state index in [1.807, 2.05) is 12.1 Å². The van der Waals surface area contributed by atoms with Crippen LogP contribution < -0.4 is 9.47 Å². The van der Waals surface area contributed by atoms with Crippen LogP contribution in [0.2, 0.25) is 10.0 Å². The second-order valence-electron chi connectivity index (χ2n) is 10.4. The van der Waals surface area contributed by atoms with Gasteiger partial charge >= 0.3 is 0 Å². The van der Waals surface area contributed by atoms with E-state index in [1.54, 1.807) is 23.1 Å². The van der Waals surface area contributed by atoms with Gasteiger partial charge in [-0.2, -0.15) is 4.57 Å². The molecular formula is C37H27Cl2N2S2+. The Morgan fingerprint density at radius 1 is 0.721 bits per heavy atom. The van der Waals surface area contributed by atoms with Crippen molar-refractivity contribution in [3.05, 3.63) is 170 Å². The van der Waals surface area contributed by atoms with Crippen LogP contribution in [0.25, 0.3) is 21.9 Å². The maximum atomic E-state index is 6.50. The van der Waals surface area contributed by atoms with Crippen molar-refractivity contribution in [1.29, 1.82) is 0 Å². The number of nitrogens with zero attached hydrogens (tertiary/aromatic N) is 2. The summed E-state index contributed by atoms with van der Waals surface area (Å²) in [6.07, 6.45) is 4.64. The Balaban J connectivity index is 1.38. The molecule has 0 spiro atoms. The minimum Gasteiger partial charge on any atom is -0.330 e. The van der Waals surface area contributed by atoms with Gasteiger partial charge in [-0.25, -0.2) is 0 Å². The van der Waals surface area contributed by atoms with Crippen molar-refractivity contribution in [3.63, 3.8) is 0 Å². The van der Waals surface area contributed by atoms with E-state index >= 15 is 0 Å². The van der Waals surface area contributed by atoms with Gasteiger partial charge in [0, 0.05) is 39.2 Å². The van der Waals surface area contributed by atoms with E-state index in [-0.39, 0.29) is 0 Å². The summed E-state index contributed by atoms with van der Waals surface area (Å²) >= 11 is 16.6. The Bertz CT molecular complexity index is 1970. The van der Waals surface area contributed by atoms with Crippen molar-refractivity contribution >= 4 is 73.9 Å². The third-order valence-corrected chi connectivity index (χ3v) is 10.1. The molecule has 1 aromatic heterocycles. The van der Waals surface area contributed by atoms with E-state index in [4.69, 9.17) is 23.2 Å². The Labute approximate surface area is 270 Å². The number of fused-ring (bicyclic) bond motifs is 2. The summed E-state index contributed by atoms with van der Waals surface area (Å²) in [6, 6.07) is 44.1. The maximum absolute atomic E-state index is 6.50. The topological polar surface area (TPSA) is 7.12 Å². The lowest BCUT2D eigenvalue weighted by Gasteiger charge is -2.21. The first-order valence-corrected chi connectivity index (χ1v) is 16.4. The molecule has 210 valence electrons. The third-order valence-electron chi connectivity index (χ3n) is 7.42. The SMILES string of the molecule is Clc1ccc2c(c1)N(Cc1ccccc1)C(=CC(=Cc1sc3ccc(Cl)cc3[n+]1Cc1ccccc1)c1ccccc1)S2. The first-order chi connectivity index (χ1) is 21.1. The third kappa shape index (κ3) is 6.15. The highest BCUT2D eigenvalue weighted by Crippen LogP contribution is 2.48. The average molecular weight is 635 g/mol. The zero-order valence-corrected chi connectivity index (χ0v) is 26.3. The summed E-state index contributed by atoms with van der Waals surface area (Å²) < 4.78 is 3.58. The minimum atomic E-state index is 0.739. The lowest BCUT2D eigenvalue weighted by molar-refractivity contribution is -0.659. The minimum absolute atomic E-state index is 0.739. The number of hydrogen-bond donors (Lipinski definition) is 0. The number of thioether (sulfide) groups is 1. The van der Waals surface area contributed by atoms with Gasteiger partial charge in [-0.15, -0.1) is 0 Å². The number of rotatable bonds is 7. The first kappa shape index (κ1) is 28.0. The van der Waals surface area contributed by atoms with Crippen LogP contribution in [0.5, 0.6) is 0 Å². The van der Waals surface area contributed by atoms with Crippen LogP contribution in [0, 0.1) is 0 Å². The van der Waals surface area contributed by atoms with Gasteiger partial charge in [0.1, 0.15) is 4.70 Å². The Morgan fingerprint density at radius 2 is 1.37 bits per heavy atom. The Morgan fingerprint density at radius 3 is 2.12 bits per heavy atom. The number of allylic oxidation sites excluding steroid dienone is 2. The van der Waals surface area contributed by atoms with E-state index in [0.29, 0.717) is 0 Å². The molecule has 0 saturated carbocycles. The molecule has 0 unspecified atom stereocenters. The average Bonchev–Trinajstić information content (AvgIpc) is 3.54. The molecule has 5 aromatic carbocycles. The summed E-state index contributed by atoms with van der Waals surface area (Å²) in [5, 5.41) is 3.80. The quantitative estimate of drug-likeness (QED) is 0.161.